The van der Waals surface area contributed by atoms with Gasteiger partial charge in [-0.2, -0.15) is 0 Å². The summed E-state index contributed by atoms with van der Waals surface area (Å²) >= 11 is 0. The Bertz CT molecular complexity index is 147. The van der Waals surface area contributed by atoms with E-state index in [1.54, 1.807) is 0 Å². The average Bonchev–Trinajstić information content (AvgIpc) is 2.25. The minimum absolute atomic E-state index is 0.216. The minimum Gasteiger partial charge on any atom is -0.394 e. The van der Waals surface area contributed by atoms with E-state index in [2.05, 4.69) is 16.6 Å². The van der Waals surface area contributed by atoms with E-state index in [-0.39, 0.29) is 25.9 Å². The third kappa shape index (κ3) is 13.6. The fourth-order valence-electron chi connectivity index (χ4n) is 0.273. The second-order valence-corrected chi connectivity index (χ2v) is 2.20. The molecule has 0 fully saturated rings. The number of amides is 1. The van der Waals surface area contributed by atoms with E-state index in [1.165, 1.54) is 13.2 Å². The largest absolute Gasteiger partial charge is 0.394 e. The number of methoxy groups -OCH3 is 1. The zero-order chi connectivity index (χ0) is 11.4. The molecule has 0 rings (SSSR count). The molecule has 0 spiro atoms. The topological polar surface area (TPSA) is 99.0 Å². The SMILES string of the molecule is C=CC(=O)NCOC.OCC(O)CO. The summed E-state index contributed by atoms with van der Waals surface area (Å²) in [5, 5.41) is 26.4. The van der Waals surface area contributed by atoms with Crippen LogP contribution in [0, 0.1) is 0 Å². The summed E-state index contributed by atoms with van der Waals surface area (Å²) in [4.78, 5) is 10.3. The predicted molar refractivity (Wildman–Crippen MR) is 50.4 cm³/mol. The van der Waals surface area contributed by atoms with E-state index in [0.717, 1.165) is 0 Å². The van der Waals surface area contributed by atoms with Crippen LogP contribution in [0.1, 0.15) is 0 Å². The van der Waals surface area contributed by atoms with Gasteiger partial charge in [0, 0.05) is 7.11 Å². The highest BCUT2D eigenvalue weighted by Crippen LogP contribution is 1.71. The van der Waals surface area contributed by atoms with Crippen molar-refractivity contribution in [1.82, 2.24) is 5.32 Å². The molecule has 0 aromatic carbocycles. The maximum absolute atomic E-state index is 10.3. The fraction of sp³-hybridized carbons (Fsp3) is 0.625. The Balaban J connectivity index is 0. The van der Waals surface area contributed by atoms with Crippen molar-refractivity contribution in [1.29, 1.82) is 0 Å². The monoisotopic (exact) mass is 207 g/mol. The molecule has 0 aliphatic rings. The Morgan fingerprint density at radius 1 is 1.57 bits per heavy atom. The number of hydrogen-bond donors (Lipinski definition) is 4. The predicted octanol–water partition coefficient (Wildman–Crippen LogP) is -1.78. The maximum atomic E-state index is 10.3. The smallest absolute Gasteiger partial charge is 0.245 e. The lowest BCUT2D eigenvalue weighted by Gasteiger charge is -1.96. The van der Waals surface area contributed by atoms with E-state index < -0.39 is 6.10 Å². The van der Waals surface area contributed by atoms with Gasteiger partial charge in [-0.25, -0.2) is 0 Å². The van der Waals surface area contributed by atoms with Crippen LogP contribution < -0.4 is 5.32 Å². The molecule has 0 aromatic rings. The molecule has 0 atom stereocenters. The van der Waals surface area contributed by atoms with Crippen molar-refractivity contribution in [2.24, 2.45) is 0 Å². The second-order valence-electron chi connectivity index (χ2n) is 2.20. The summed E-state index contributed by atoms with van der Waals surface area (Å²) in [5.74, 6) is -0.216. The molecule has 4 N–H and O–H groups in total. The Kier molecular flexibility index (Phi) is 13.4. The first-order chi connectivity index (χ1) is 6.62. The molecule has 84 valence electrons. The van der Waals surface area contributed by atoms with Crippen LogP contribution in [0.3, 0.4) is 0 Å². The molecule has 1 amide bonds. The first-order valence-electron chi connectivity index (χ1n) is 3.91. The first-order valence-corrected chi connectivity index (χ1v) is 3.91. The number of hydrogen-bond acceptors (Lipinski definition) is 5. The molecule has 0 saturated carbocycles. The molecule has 0 aromatic heterocycles. The summed E-state index contributed by atoms with van der Waals surface area (Å²) in [7, 11) is 1.50. The van der Waals surface area contributed by atoms with Crippen LogP contribution in [0.15, 0.2) is 12.7 Å². The maximum Gasteiger partial charge on any atom is 0.245 e. The van der Waals surface area contributed by atoms with Crippen LogP contribution in [0.2, 0.25) is 0 Å². The zero-order valence-electron chi connectivity index (χ0n) is 8.14. The van der Waals surface area contributed by atoms with Crippen molar-refractivity contribution < 1.29 is 24.9 Å². The molecule has 0 radical (unpaired) electrons. The number of aliphatic hydroxyl groups excluding tert-OH is 3. The fourth-order valence-corrected chi connectivity index (χ4v) is 0.273. The first kappa shape index (κ1) is 15.5. The van der Waals surface area contributed by atoms with Crippen LogP contribution in [0.4, 0.5) is 0 Å². The quantitative estimate of drug-likeness (QED) is 0.316. The van der Waals surface area contributed by atoms with E-state index in [1.807, 2.05) is 0 Å². The van der Waals surface area contributed by atoms with Crippen LogP contribution in [-0.2, 0) is 9.53 Å². The number of carbonyl (C=O) groups excluding carboxylic acids is 1. The van der Waals surface area contributed by atoms with Crippen molar-refractivity contribution in [3.8, 4) is 0 Å². The summed E-state index contributed by atoms with van der Waals surface area (Å²) in [5.41, 5.74) is 0. The lowest BCUT2D eigenvalue weighted by atomic mass is 10.4. The van der Waals surface area contributed by atoms with Crippen LogP contribution in [0.25, 0.3) is 0 Å². The summed E-state index contributed by atoms with van der Waals surface area (Å²) < 4.78 is 4.53. The molecular formula is C8H17NO5. The zero-order valence-corrected chi connectivity index (χ0v) is 8.14. The minimum atomic E-state index is -0.954. The Hall–Kier alpha value is -0.950. The summed E-state index contributed by atoms with van der Waals surface area (Å²) in [6.45, 7) is 2.76. The van der Waals surface area contributed by atoms with E-state index in [9.17, 15) is 4.79 Å². The lowest BCUT2D eigenvalue weighted by Crippen LogP contribution is -2.22. The van der Waals surface area contributed by atoms with E-state index in [4.69, 9.17) is 15.3 Å². The van der Waals surface area contributed by atoms with Gasteiger partial charge in [-0.3, -0.25) is 4.79 Å². The number of ether oxygens (including phenoxy) is 1. The summed E-state index contributed by atoms with van der Waals surface area (Å²) in [6, 6.07) is 0. The molecule has 0 aliphatic carbocycles. The normalized spacial score (nSPS) is 8.93. The van der Waals surface area contributed by atoms with Crippen LogP contribution >= 0.6 is 0 Å². The average molecular weight is 207 g/mol. The third-order valence-corrected chi connectivity index (χ3v) is 0.998. The highest BCUT2D eigenvalue weighted by Gasteiger charge is 1.93. The second kappa shape index (κ2) is 12.0. The van der Waals surface area contributed by atoms with Gasteiger partial charge in [0.05, 0.1) is 13.2 Å². The summed E-state index contributed by atoms with van der Waals surface area (Å²) in [6.07, 6.45) is 0.240. The standard InChI is InChI=1S/C5H9NO2.C3H8O3/c1-3-5(7)6-4-8-2;4-1-3(6)2-5/h3H,1,4H2,2H3,(H,6,7);3-6H,1-2H2. The molecule has 0 heterocycles. The van der Waals surface area contributed by atoms with E-state index in [0.29, 0.717) is 0 Å². The molecule has 14 heavy (non-hydrogen) atoms. The van der Waals surface area contributed by atoms with Crippen molar-refractivity contribution in [3.05, 3.63) is 12.7 Å². The Labute approximate surface area is 82.8 Å². The molecular weight excluding hydrogens is 190 g/mol. The lowest BCUT2D eigenvalue weighted by molar-refractivity contribution is -0.117. The number of nitrogens with one attached hydrogen (secondary N) is 1. The van der Waals surface area contributed by atoms with Gasteiger partial charge in [0.25, 0.3) is 0 Å². The third-order valence-electron chi connectivity index (χ3n) is 0.998. The van der Waals surface area contributed by atoms with Crippen molar-refractivity contribution >= 4 is 5.91 Å². The van der Waals surface area contributed by atoms with E-state index >= 15 is 0 Å². The highest BCUT2D eigenvalue weighted by atomic mass is 16.5. The van der Waals surface area contributed by atoms with Gasteiger partial charge >= 0.3 is 0 Å². The number of aliphatic hydroxyl groups is 3. The van der Waals surface area contributed by atoms with Crippen molar-refractivity contribution in [2.45, 2.75) is 6.10 Å². The van der Waals surface area contributed by atoms with Gasteiger partial charge in [-0.15, -0.1) is 0 Å². The Morgan fingerprint density at radius 2 is 2.07 bits per heavy atom. The Morgan fingerprint density at radius 3 is 2.29 bits per heavy atom. The van der Waals surface area contributed by atoms with Crippen molar-refractivity contribution in [3.63, 3.8) is 0 Å². The van der Waals surface area contributed by atoms with Gasteiger partial charge in [-0.05, 0) is 6.08 Å². The molecule has 6 heteroatoms. The van der Waals surface area contributed by atoms with Gasteiger partial charge in [0.1, 0.15) is 12.8 Å². The number of rotatable bonds is 5. The van der Waals surface area contributed by atoms with Crippen LogP contribution in [0.5, 0.6) is 0 Å². The molecule has 0 unspecified atom stereocenters. The van der Waals surface area contributed by atoms with Crippen LogP contribution in [-0.4, -0.2) is 54.4 Å². The van der Waals surface area contributed by atoms with Gasteiger partial charge in [0.2, 0.25) is 5.91 Å². The molecule has 6 nitrogen and oxygen atoms in total. The molecule has 0 saturated heterocycles. The van der Waals surface area contributed by atoms with Gasteiger partial charge in [0.15, 0.2) is 0 Å². The molecule has 0 bridgehead atoms. The molecule has 0 aliphatic heterocycles. The highest BCUT2D eigenvalue weighted by molar-refractivity contribution is 5.86. The van der Waals surface area contributed by atoms with Crippen molar-refractivity contribution in [2.75, 3.05) is 27.1 Å². The van der Waals surface area contributed by atoms with Gasteiger partial charge < -0.3 is 25.4 Å². The number of carbonyl (C=O) groups is 1. The van der Waals surface area contributed by atoms with Gasteiger partial charge in [-0.1, -0.05) is 6.58 Å².